The molecule has 122 valence electrons. The van der Waals surface area contributed by atoms with Crippen LogP contribution in [0.3, 0.4) is 0 Å². The molecule has 6 heteroatoms. The smallest absolute Gasteiger partial charge is 0.246 e. The van der Waals surface area contributed by atoms with Crippen molar-refractivity contribution in [3.63, 3.8) is 0 Å². The Morgan fingerprint density at radius 2 is 2.18 bits per heavy atom. The van der Waals surface area contributed by atoms with Crippen molar-refractivity contribution < 1.29 is 19.0 Å². The molecule has 2 rings (SSSR count). The molecule has 0 radical (unpaired) electrons. The van der Waals surface area contributed by atoms with Gasteiger partial charge in [-0.1, -0.05) is 0 Å². The number of nitrogens with zero attached hydrogens (tertiary/aromatic N) is 1. The molecule has 0 atom stereocenters. The van der Waals surface area contributed by atoms with E-state index in [-0.39, 0.29) is 18.6 Å². The fourth-order valence-electron chi connectivity index (χ4n) is 2.36. The summed E-state index contributed by atoms with van der Waals surface area (Å²) in [6.45, 7) is 1.38. The van der Waals surface area contributed by atoms with Crippen LogP contribution in [0.4, 0.5) is 0 Å². The van der Waals surface area contributed by atoms with E-state index in [2.05, 4.69) is 10.3 Å². The molecular formula is C16H24N2O4. The zero-order valence-corrected chi connectivity index (χ0v) is 13.0. The van der Waals surface area contributed by atoms with Gasteiger partial charge in [0.25, 0.3) is 0 Å². The van der Waals surface area contributed by atoms with Gasteiger partial charge in [0.1, 0.15) is 12.7 Å². The molecule has 1 aromatic rings. The summed E-state index contributed by atoms with van der Waals surface area (Å²) in [6, 6.07) is 3.75. The van der Waals surface area contributed by atoms with Crippen molar-refractivity contribution in [2.24, 2.45) is 0 Å². The molecular weight excluding hydrogens is 284 g/mol. The van der Waals surface area contributed by atoms with Crippen LogP contribution in [0.2, 0.25) is 0 Å². The molecule has 1 fully saturated rings. The van der Waals surface area contributed by atoms with Crippen LogP contribution in [0.15, 0.2) is 18.3 Å². The average molecular weight is 308 g/mol. The van der Waals surface area contributed by atoms with Crippen LogP contribution in [0.25, 0.3) is 0 Å². The van der Waals surface area contributed by atoms with Crippen LogP contribution in [-0.4, -0.2) is 43.9 Å². The normalized spacial score (nSPS) is 15.0. The van der Waals surface area contributed by atoms with Gasteiger partial charge in [-0.05, 0) is 37.3 Å². The highest BCUT2D eigenvalue weighted by Crippen LogP contribution is 2.23. The summed E-state index contributed by atoms with van der Waals surface area (Å²) >= 11 is 0. The number of pyridine rings is 1. The monoisotopic (exact) mass is 308 g/mol. The molecule has 0 unspecified atom stereocenters. The number of amides is 1. The Hall–Kier alpha value is -1.66. The van der Waals surface area contributed by atoms with Gasteiger partial charge in [-0.15, -0.1) is 0 Å². The van der Waals surface area contributed by atoms with Crippen LogP contribution < -0.4 is 10.1 Å². The Balaban J connectivity index is 1.71. The van der Waals surface area contributed by atoms with Crippen molar-refractivity contribution in [2.45, 2.75) is 38.3 Å². The van der Waals surface area contributed by atoms with Gasteiger partial charge in [0.2, 0.25) is 11.8 Å². The molecule has 0 spiro atoms. The first-order valence-corrected chi connectivity index (χ1v) is 7.73. The maximum absolute atomic E-state index is 11.6. The first-order valence-electron chi connectivity index (χ1n) is 7.73. The Kier molecular flexibility index (Phi) is 7.12. The lowest BCUT2D eigenvalue weighted by molar-refractivity contribution is -0.126. The lowest BCUT2D eigenvalue weighted by atomic mass is 10.2. The standard InChI is InChI=1S/C16H24N2O4/c1-20-8-9-21-12-15(19)18-11-13-6-7-17-16(10-13)22-14-4-2-3-5-14/h6-7,10,14H,2-5,8-9,11-12H2,1H3,(H,18,19). The number of hydrogen-bond donors (Lipinski definition) is 1. The van der Waals surface area contributed by atoms with E-state index in [4.69, 9.17) is 14.2 Å². The Bertz CT molecular complexity index is 461. The minimum absolute atomic E-state index is 0.0415. The van der Waals surface area contributed by atoms with Gasteiger partial charge in [0, 0.05) is 25.9 Å². The second kappa shape index (κ2) is 9.38. The summed E-state index contributed by atoms with van der Waals surface area (Å²) in [5.74, 6) is 0.487. The predicted octanol–water partition coefficient (Wildman–Crippen LogP) is 1.68. The minimum atomic E-state index is -0.147. The van der Waals surface area contributed by atoms with E-state index in [9.17, 15) is 4.79 Å². The third-order valence-electron chi connectivity index (χ3n) is 3.54. The highest BCUT2D eigenvalue weighted by Gasteiger charge is 2.17. The zero-order valence-electron chi connectivity index (χ0n) is 13.0. The fraction of sp³-hybridized carbons (Fsp3) is 0.625. The summed E-state index contributed by atoms with van der Waals surface area (Å²) < 4.78 is 15.9. The van der Waals surface area contributed by atoms with Crippen LogP contribution >= 0.6 is 0 Å². The second-order valence-corrected chi connectivity index (χ2v) is 5.35. The van der Waals surface area contributed by atoms with Gasteiger partial charge in [-0.3, -0.25) is 4.79 Å². The molecule has 0 aromatic carbocycles. The molecule has 1 heterocycles. The number of nitrogens with one attached hydrogen (secondary N) is 1. The van der Waals surface area contributed by atoms with Crippen molar-refractivity contribution >= 4 is 5.91 Å². The molecule has 1 N–H and O–H groups in total. The lowest BCUT2D eigenvalue weighted by Crippen LogP contribution is -2.27. The van der Waals surface area contributed by atoms with Crippen molar-refractivity contribution in [2.75, 3.05) is 26.9 Å². The van der Waals surface area contributed by atoms with Crippen molar-refractivity contribution in [3.05, 3.63) is 23.9 Å². The van der Waals surface area contributed by atoms with Crippen LogP contribution in [0.5, 0.6) is 5.88 Å². The van der Waals surface area contributed by atoms with Gasteiger partial charge in [0.05, 0.1) is 13.2 Å². The maximum atomic E-state index is 11.6. The Morgan fingerprint density at radius 3 is 2.95 bits per heavy atom. The number of carbonyl (C=O) groups excluding carboxylic acids is 1. The highest BCUT2D eigenvalue weighted by molar-refractivity contribution is 5.77. The Labute approximate surface area is 131 Å². The predicted molar refractivity (Wildman–Crippen MR) is 81.7 cm³/mol. The van der Waals surface area contributed by atoms with Crippen molar-refractivity contribution in [3.8, 4) is 5.88 Å². The van der Waals surface area contributed by atoms with Gasteiger partial charge in [0.15, 0.2) is 0 Å². The minimum Gasteiger partial charge on any atom is -0.474 e. The molecule has 0 bridgehead atoms. The highest BCUT2D eigenvalue weighted by atomic mass is 16.5. The lowest BCUT2D eigenvalue weighted by Gasteiger charge is -2.13. The summed E-state index contributed by atoms with van der Waals surface area (Å²) in [7, 11) is 1.60. The number of ether oxygens (including phenoxy) is 3. The topological polar surface area (TPSA) is 69.7 Å². The summed E-state index contributed by atoms with van der Waals surface area (Å²) in [4.78, 5) is 15.8. The largest absolute Gasteiger partial charge is 0.474 e. The number of carbonyl (C=O) groups is 1. The molecule has 1 aliphatic carbocycles. The molecule has 22 heavy (non-hydrogen) atoms. The van der Waals surface area contributed by atoms with Gasteiger partial charge < -0.3 is 19.5 Å². The number of hydrogen-bond acceptors (Lipinski definition) is 5. The van der Waals surface area contributed by atoms with Gasteiger partial charge in [-0.2, -0.15) is 0 Å². The number of methoxy groups -OCH3 is 1. The molecule has 0 aliphatic heterocycles. The van der Waals surface area contributed by atoms with E-state index in [0.717, 1.165) is 18.4 Å². The molecule has 1 aliphatic rings. The van der Waals surface area contributed by atoms with E-state index >= 15 is 0 Å². The number of rotatable bonds is 9. The second-order valence-electron chi connectivity index (χ2n) is 5.35. The fourth-order valence-corrected chi connectivity index (χ4v) is 2.36. The van der Waals surface area contributed by atoms with Crippen LogP contribution in [0, 0.1) is 0 Å². The maximum Gasteiger partial charge on any atom is 0.246 e. The van der Waals surface area contributed by atoms with Gasteiger partial charge >= 0.3 is 0 Å². The van der Waals surface area contributed by atoms with Crippen LogP contribution in [-0.2, 0) is 20.8 Å². The van der Waals surface area contributed by atoms with Gasteiger partial charge in [-0.25, -0.2) is 4.98 Å². The SMILES string of the molecule is COCCOCC(=O)NCc1ccnc(OC2CCCC2)c1. The van der Waals surface area contributed by atoms with Crippen LogP contribution in [0.1, 0.15) is 31.2 Å². The summed E-state index contributed by atoms with van der Waals surface area (Å²) in [5.41, 5.74) is 0.966. The van der Waals surface area contributed by atoms with E-state index in [1.54, 1.807) is 13.3 Å². The zero-order chi connectivity index (χ0) is 15.6. The van der Waals surface area contributed by atoms with Crippen molar-refractivity contribution in [1.29, 1.82) is 0 Å². The van der Waals surface area contributed by atoms with E-state index in [0.29, 0.717) is 25.6 Å². The van der Waals surface area contributed by atoms with E-state index < -0.39 is 0 Å². The third kappa shape index (κ3) is 5.99. The summed E-state index contributed by atoms with van der Waals surface area (Å²) in [5, 5.41) is 2.81. The first-order chi connectivity index (χ1) is 10.8. The summed E-state index contributed by atoms with van der Waals surface area (Å²) in [6.07, 6.45) is 6.64. The average Bonchev–Trinajstić information content (AvgIpc) is 3.03. The molecule has 6 nitrogen and oxygen atoms in total. The molecule has 1 aromatic heterocycles. The third-order valence-corrected chi connectivity index (χ3v) is 3.54. The molecule has 1 amide bonds. The van der Waals surface area contributed by atoms with E-state index in [1.165, 1.54) is 12.8 Å². The molecule has 0 saturated heterocycles. The van der Waals surface area contributed by atoms with Crippen molar-refractivity contribution in [1.82, 2.24) is 10.3 Å². The first kappa shape index (κ1) is 16.7. The Morgan fingerprint density at radius 1 is 1.36 bits per heavy atom. The van der Waals surface area contributed by atoms with E-state index in [1.807, 2.05) is 12.1 Å². The quantitative estimate of drug-likeness (QED) is 0.703. The number of aromatic nitrogens is 1. The molecule has 1 saturated carbocycles.